The molecule has 0 radical (unpaired) electrons. The maximum Gasteiger partial charge on any atom is 0.356 e. The molecule has 1 saturated heterocycles. The summed E-state index contributed by atoms with van der Waals surface area (Å²) in [6, 6.07) is 6.50. The molecule has 1 aliphatic heterocycles. The highest BCUT2D eigenvalue weighted by molar-refractivity contribution is 6.29. The van der Waals surface area contributed by atoms with Crippen LogP contribution in [0.3, 0.4) is 0 Å². The fraction of sp³-hybridized carbons (Fsp3) is 0.444. The number of carbonyl (C=O) groups excluding carboxylic acids is 1. The van der Waals surface area contributed by atoms with E-state index in [1.165, 1.54) is 6.07 Å². The van der Waals surface area contributed by atoms with Crippen molar-refractivity contribution in [2.24, 2.45) is 13.0 Å². The fourth-order valence-electron chi connectivity index (χ4n) is 5.22. The number of fused-ring (bicyclic) bond motifs is 1. The van der Waals surface area contributed by atoms with Crippen molar-refractivity contribution in [2.45, 2.75) is 39.2 Å². The predicted molar refractivity (Wildman–Crippen MR) is 146 cm³/mol. The smallest absolute Gasteiger partial charge is 0.356 e. The van der Waals surface area contributed by atoms with Gasteiger partial charge in [-0.25, -0.2) is 14.8 Å². The van der Waals surface area contributed by atoms with Crippen LogP contribution in [0.25, 0.3) is 10.9 Å². The maximum atomic E-state index is 13.5. The van der Waals surface area contributed by atoms with E-state index in [2.05, 4.69) is 15.2 Å². The first-order valence-corrected chi connectivity index (χ1v) is 13.2. The minimum Gasteiger partial charge on any atom is -0.476 e. The highest BCUT2D eigenvalue weighted by atomic mass is 35.5. The van der Waals surface area contributed by atoms with Gasteiger partial charge in [0, 0.05) is 44.7 Å². The van der Waals surface area contributed by atoms with Crippen LogP contribution in [0.5, 0.6) is 0 Å². The summed E-state index contributed by atoms with van der Waals surface area (Å²) in [5.74, 6) is -0.233. The van der Waals surface area contributed by atoms with Crippen LogP contribution in [0.15, 0.2) is 29.1 Å². The van der Waals surface area contributed by atoms with Gasteiger partial charge in [-0.05, 0) is 50.5 Å². The van der Waals surface area contributed by atoms with Gasteiger partial charge in [0.25, 0.3) is 5.56 Å². The van der Waals surface area contributed by atoms with Gasteiger partial charge in [0.2, 0.25) is 11.9 Å². The summed E-state index contributed by atoms with van der Waals surface area (Å²) < 4.78 is 1.57. The number of piperazine rings is 1. The number of hydrogen-bond acceptors (Lipinski definition) is 7. The van der Waals surface area contributed by atoms with Crippen molar-refractivity contribution in [1.29, 1.82) is 0 Å². The monoisotopic (exact) mass is 538 g/mol. The Labute approximate surface area is 225 Å². The predicted octanol–water partition coefficient (Wildman–Crippen LogP) is 3.61. The van der Waals surface area contributed by atoms with Gasteiger partial charge in [0.05, 0.1) is 22.6 Å². The molecule has 200 valence electrons. The van der Waals surface area contributed by atoms with Gasteiger partial charge < -0.3 is 20.2 Å². The van der Waals surface area contributed by atoms with Crippen molar-refractivity contribution in [1.82, 2.24) is 19.4 Å². The summed E-state index contributed by atoms with van der Waals surface area (Å²) in [5.41, 5.74) is 2.20. The Morgan fingerprint density at radius 3 is 2.47 bits per heavy atom. The minimum absolute atomic E-state index is 0.0888. The molecule has 2 aliphatic rings. The van der Waals surface area contributed by atoms with E-state index in [0.717, 1.165) is 30.4 Å². The molecule has 1 saturated carbocycles. The fourth-order valence-corrected chi connectivity index (χ4v) is 5.37. The average Bonchev–Trinajstić information content (AvgIpc) is 2.86. The number of pyridine rings is 1. The molecule has 38 heavy (non-hydrogen) atoms. The Morgan fingerprint density at radius 1 is 1.13 bits per heavy atom. The van der Waals surface area contributed by atoms with Crippen LogP contribution in [0.2, 0.25) is 5.15 Å². The third-order valence-corrected chi connectivity index (χ3v) is 7.77. The molecule has 3 heterocycles. The number of aromatic carboxylic acids is 1. The zero-order valence-electron chi connectivity index (χ0n) is 21.7. The average molecular weight is 539 g/mol. The van der Waals surface area contributed by atoms with Crippen molar-refractivity contribution in [2.75, 3.05) is 36.4 Å². The Morgan fingerprint density at radius 2 is 1.84 bits per heavy atom. The summed E-state index contributed by atoms with van der Waals surface area (Å²) >= 11 is 5.91. The summed E-state index contributed by atoms with van der Waals surface area (Å²) in [6.45, 7) is 6.19. The highest BCUT2D eigenvalue weighted by Gasteiger charge is 2.32. The van der Waals surface area contributed by atoms with E-state index < -0.39 is 5.97 Å². The topological polar surface area (TPSA) is 121 Å². The van der Waals surface area contributed by atoms with Crippen LogP contribution in [-0.2, 0) is 11.8 Å². The number of carboxylic acids is 1. The number of aromatic nitrogens is 3. The SMILES string of the molecule is Cc1cc([C@H](C)Nc2ccc(Cl)nc2C(=O)O)c2nc(N3CCN(C(=O)C4CCC4)CC3)n(C)c(=O)c2c1. The second-order valence-electron chi connectivity index (χ2n) is 10.2. The van der Waals surface area contributed by atoms with E-state index in [1.807, 2.05) is 30.9 Å². The van der Waals surface area contributed by atoms with E-state index in [1.54, 1.807) is 17.7 Å². The first kappa shape index (κ1) is 26.0. The van der Waals surface area contributed by atoms with Crippen molar-refractivity contribution in [3.8, 4) is 0 Å². The lowest BCUT2D eigenvalue weighted by Gasteiger charge is -2.39. The molecule has 1 aliphatic carbocycles. The Bertz CT molecular complexity index is 1480. The largest absolute Gasteiger partial charge is 0.476 e. The maximum absolute atomic E-state index is 13.5. The summed E-state index contributed by atoms with van der Waals surface area (Å²) in [6.07, 6.45) is 3.09. The lowest BCUT2D eigenvalue weighted by molar-refractivity contribution is -0.138. The van der Waals surface area contributed by atoms with Crippen LogP contribution >= 0.6 is 11.6 Å². The number of aryl methyl sites for hydroxylation is 1. The third-order valence-electron chi connectivity index (χ3n) is 7.56. The van der Waals surface area contributed by atoms with Gasteiger partial charge >= 0.3 is 5.97 Å². The van der Waals surface area contributed by atoms with Crippen LogP contribution in [0.1, 0.15) is 53.8 Å². The number of hydrogen-bond donors (Lipinski definition) is 2. The molecule has 2 N–H and O–H groups in total. The number of halogens is 1. The van der Waals surface area contributed by atoms with E-state index in [4.69, 9.17) is 16.6 Å². The first-order valence-electron chi connectivity index (χ1n) is 12.9. The second kappa shape index (κ2) is 10.2. The molecule has 1 atom stereocenters. The van der Waals surface area contributed by atoms with E-state index in [-0.39, 0.29) is 34.3 Å². The molecule has 10 nitrogen and oxygen atoms in total. The number of rotatable bonds is 6. The van der Waals surface area contributed by atoms with Crippen molar-refractivity contribution in [3.05, 3.63) is 56.6 Å². The van der Waals surface area contributed by atoms with E-state index in [0.29, 0.717) is 48.7 Å². The van der Waals surface area contributed by atoms with Gasteiger partial charge in [-0.3, -0.25) is 14.2 Å². The summed E-state index contributed by atoms with van der Waals surface area (Å²) in [7, 11) is 1.72. The quantitative estimate of drug-likeness (QED) is 0.457. The van der Waals surface area contributed by atoms with Crippen molar-refractivity contribution in [3.63, 3.8) is 0 Å². The first-order chi connectivity index (χ1) is 18.1. The summed E-state index contributed by atoms with van der Waals surface area (Å²) in [4.78, 5) is 50.8. The zero-order valence-corrected chi connectivity index (χ0v) is 22.5. The third kappa shape index (κ3) is 4.80. The molecule has 0 bridgehead atoms. The van der Waals surface area contributed by atoms with Gasteiger partial charge in [-0.1, -0.05) is 24.1 Å². The molecule has 3 aromatic rings. The van der Waals surface area contributed by atoms with Gasteiger partial charge in [-0.15, -0.1) is 0 Å². The highest BCUT2D eigenvalue weighted by Crippen LogP contribution is 2.31. The molecule has 0 spiro atoms. The molecule has 11 heteroatoms. The molecular formula is C27H31ClN6O4. The van der Waals surface area contributed by atoms with E-state index in [9.17, 15) is 19.5 Å². The minimum atomic E-state index is -1.19. The van der Waals surface area contributed by atoms with Gasteiger partial charge in [0.1, 0.15) is 5.15 Å². The molecule has 0 unspecified atom stereocenters. The van der Waals surface area contributed by atoms with Crippen molar-refractivity contribution < 1.29 is 14.7 Å². The van der Waals surface area contributed by atoms with Gasteiger partial charge in [0.15, 0.2) is 5.69 Å². The molecular weight excluding hydrogens is 508 g/mol. The number of amides is 1. The van der Waals surface area contributed by atoms with E-state index >= 15 is 0 Å². The Kier molecular flexibility index (Phi) is 7.00. The van der Waals surface area contributed by atoms with Crippen LogP contribution in [-0.4, -0.2) is 62.6 Å². The van der Waals surface area contributed by atoms with Crippen molar-refractivity contribution >= 4 is 46.0 Å². The Hall–Kier alpha value is -3.66. The number of nitrogens with one attached hydrogen (secondary N) is 1. The lowest BCUT2D eigenvalue weighted by atomic mass is 9.84. The normalized spacial score (nSPS) is 16.8. The number of anilines is 2. The van der Waals surface area contributed by atoms with Gasteiger partial charge in [-0.2, -0.15) is 0 Å². The molecule has 2 fully saturated rings. The Balaban J connectivity index is 1.47. The van der Waals surface area contributed by atoms with Crippen LogP contribution in [0.4, 0.5) is 11.6 Å². The van der Waals surface area contributed by atoms with Crippen LogP contribution < -0.4 is 15.8 Å². The number of carboxylic acid groups (broad SMARTS) is 1. The number of nitrogens with zero attached hydrogens (tertiary/aromatic N) is 5. The molecule has 5 rings (SSSR count). The van der Waals surface area contributed by atoms with Crippen LogP contribution in [0, 0.1) is 12.8 Å². The summed E-state index contributed by atoms with van der Waals surface area (Å²) in [5, 5.41) is 13.4. The molecule has 2 aromatic heterocycles. The zero-order chi connectivity index (χ0) is 27.1. The molecule has 1 aromatic carbocycles. The number of carbonyl (C=O) groups is 2. The second-order valence-corrected chi connectivity index (χ2v) is 10.6. The standard InChI is InChI=1S/C27H31ClN6O4/c1-15-13-18(16(2)29-20-7-8-21(28)30-23(20)26(37)38)22-19(14-15)25(36)32(3)27(31-22)34-11-9-33(10-12-34)24(35)17-5-4-6-17/h7-8,13-14,16-17,29H,4-6,9-12H2,1-3H3,(H,37,38)/t16-/m0/s1. The lowest BCUT2D eigenvalue weighted by Crippen LogP contribution is -2.52. The number of benzene rings is 1. The molecule has 1 amide bonds.